The van der Waals surface area contributed by atoms with Gasteiger partial charge in [0.1, 0.15) is 0 Å². The van der Waals surface area contributed by atoms with Gasteiger partial charge in [-0.3, -0.25) is 0 Å². The number of rotatable bonds is 7. The van der Waals surface area contributed by atoms with Crippen LogP contribution < -0.4 is 0 Å². The summed E-state index contributed by atoms with van der Waals surface area (Å²) in [5, 5.41) is 0. The minimum absolute atomic E-state index is 0. The van der Waals surface area contributed by atoms with Gasteiger partial charge < -0.3 is 26.7 Å². The van der Waals surface area contributed by atoms with Crippen molar-refractivity contribution >= 4 is 0 Å². The van der Waals surface area contributed by atoms with Crippen LogP contribution >= 0.6 is 0 Å². The second-order valence-corrected chi connectivity index (χ2v) is 2.44. The fraction of sp³-hybridized carbons (Fsp3) is 0.600. The van der Waals surface area contributed by atoms with Gasteiger partial charge in [-0.2, -0.15) is 0 Å². The molecule has 5 heteroatoms. The van der Waals surface area contributed by atoms with Gasteiger partial charge >= 0.3 is 0 Å². The molecule has 5 radical (unpaired) electrons. The van der Waals surface area contributed by atoms with Crippen LogP contribution in [0.5, 0.6) is 0 Å². The summed E-state index contributed by atoms with van der Waals surface area (Å²) < 4.78 is 0. The van der Waals surface area contributed by atoms with Crippen LogP contribution in [0.25, 0.3) is 0 Å². The molecule has 0 aliphatic rings. The van der Waals surface area contributed by atoms with Crippen molar-refractivity contribution in [3.8, 4) is 0 Å². The predicted octanol–water partition coefficient (Wildman–Crippen LogP) is 3.39. The van der Waals surface area contributed by atoms with Crippen molar-refractivity contribution in [1.29, 1.82) is 0 Å². The zero-order valence-corrected chi connectivity index (χ0v) is 23.9. The fourth-order valence-electron chi connectivity index (χ4n) is 0.813. The van der Waals surface area contributed by atoms with Crippen molar-refractivity contribution in [2.75, 3.05) is 0 Å². The molecule has 0 atom stereocenters. The van der Waals surface area contributed by atoms with Crippen molar-refractivity contribution in [2.45, 2.75) is 38.5 Å². The summed E-state index contributed by atoms with van der Waals surface area (Å²) in [6.45, 7) is 7.54. The summed E-state index contributed by atoms with van der Waals surface area (Å²) in [6, 6.07) is 0. The van der Waals surface area contributed by atoms with E-state index >= 15 is 0 Å². The van der Waals surface area contributed by atoms with Gasteiger partial charge in [-0.05, 0) is 0 Å². The molecule has 0 heterocycles. The normalized spacial score (nSPS) is 6.80. The van der Waals surface area contributed by atoms with E-state index < -0.39 is 0 Å². The van der Waals surface area contributed by atoms with Crippen LogP contribution in [0.15, 0.2) is 0 Å². The largest absolute Gasteiger partial charge is 0.346 e. The van der Waals surface area contributed by atoms with E-state index in [-0.39, 0.29) is 164 Å². The Balaban J connectivity index is -0.0000000405. The van der Waals surface area contributed by atoms with Gasteiger partial charge in [0.2, 0.25) is 0 Å². The molecule has 0 spiro atoms. The molecular formula is C10H18Y5-4. The van der Waals surface area contributed by atoms with E-state index in [0.717, 1.165) is 25.7 Å². The Hall–Kier alpha value is 5.52. The van der Waals surface area contributed by atoms with Crippen LogP contribution in [0.1, 0.15) is 38.5 Å². The first-order chi connectivity index (χ1) is 4.91. The second-order valence-electron chi connectivity index (χ2n) is 2.44. The fourth-order valence-corrected chi connectivity index (χ4v) is 0.813. The molecule has 0 nitrogen and oxygen atoms in total. The Bertz CT molecular complexity index is 53.8. The van der Waals surface area contributed by atoms with E-state index in [9.17, 15) is 0 Å². The van der Waals surface area contributed by atoms with Gasteiger partial charge in [0.05, 0.1) is 0 Å². The minimum atomic E-state index is 0. The average molecular weight is 583 g/mol. The maximum Gasteiger partial charge on any atom is 0 e. The Morgan fingerprint density at radius 2 is 0.800 bits per heavy atom. The van der Waals surface area contributed by atoms with Gasteiger partial charge in [0, 0.05) is 164 Å². The number of hydrogen-bond acceptors (Lipinski definition) is 0. The minimum Gasteiger partial charge on any atom is -0.346 e. The van der Waals surface area contributed by atoms with E-state index in [4.69, 9.17) is 0 Å². The van der Waals surface area contributed by atoms with E-state index in [1.165, 1.54) is 12.8 Å². The van der Waals surface area contributed by atoms with Gasteiger partial charge in [-0.1, -0.05) is 0 Å². The van der Waals surface area contributed by atoms with Gasteiger partial charge in [-0.15, -0.1) is 0 Å². The number of hydrogen-bond donors (Lipinski definition) is 0. The SMILES string of the molecule is [CH2-]CC[CH-]CC[CH-]CC[CH2-].[Y].[Y].[Y].[Y].[Y]. The number of unbranched alkanes of at least 4 members (excludes halogenated alkanes) is 7. The molecule has 0 aromatic heterocycles. The van der Waals surface area contributed by atoms with Gasteiger partial charge in [0.25, 0.3) is 0 Å². The van der Waals surface area contributed by atoms with E-state index in [1.54, 1.807) is 0 Å². The summed E-state index contributed by atoms with van der Waals surface area (Å²) in [7, 11) is 0. The molecule has 0 N–H and O–H groups in total. The summed E-state index contributed by atoms with van der Waals surface area (Å²) >= 11 is 0. The first-order valence-electron chi connectivity index (χ1n) is 4.13. The summed E-state index contributed by atoms with van der Waals surface area (Å²) in [5.41, 5.74) is 0. The molecule has 0 bridgehead atoms. The molecule has 15 heavy (non-hydrogen) atoms. The molecule has 0 saturated carbocycles. The molecule has 0 fully saturated rings. The third-order valence-corrected chi connectivity index (χ3v) is 1.39. The van der Waals surface area contributed by atoms with E-state index in [0.29, 0.717) is 0 Å². The molecule has 0 aliphatic carbocycles. The molecule has 77 valence electrons. The first-order valence-corrected chi connectivity index (χ1v) is 4.13. The van der Waals surface area contributed by atoms with Crippen LogP contribution in [-0.2, 0) is 164 Å². The molecule has 0 amide bonds. The molecular weight excluding hydrogens is 565 g/mol. The topological polar surface area (TPSA) is 0 Å². The van der Waals surface area contributed by atoms with E-state index in [1.807, 2.05) is 0 Å². The molecule has 0 saturated heterocycles. The Morgan fingerprint density at radius 1 is 0.533 bits per heavy atom. The van der Waals surface area contributed by atoms with Crippen LogP contribution in [0.3, 0.4) is 0 Å². The average Bonchev–Trinajstić information content (AvgIpc) is 1.97. The van der Waals surface area contributed by atoms with Crippen LogP contribution in [0, 0.1) is 26.7 Å². The van der Waals surface area contributed by atoms with Crippen molar-refractivity contribution in [3.05, 3.63) is 26.7 Å². The van der Waals surface area contributed by atoms with Crippen LogP contribution in [-0.4, -0.2) is 0 Å². The van der Waals surface area contributed by atoms with Gasteiger partial charge in [-0.25, -0.2) is 38.5 Å². The third-order valence-electron chi connectivity index (χ3n) is 1.39. The maximum atomic E-state index is 3.77. The van der Waals surface area contributed by atoms with Crippen molar-refractivity contribution < 1.29 is 164 Å². The molecule has 0 aliphatic heterocycles. The molecule has 0 aromatic rings. The maximum absolute atomic E-state index is 3.77. The van der Waals surface area contributed by atoms with Crippen molar-refractivity contribution in [2.24, 2.45) is 0 Å². The summed E-state index contributed by atoms with van der Waals surface area (Å²) in [6.07, 6.45) is 11.5. The van der Waals surface area contributed by atoms with Crippen LogP contribution in [0.2, 0.25) is 0 Å². The molecule has 0 rings (SSSR count). The smallest absolute Gasteiger partial charge is 0 e. The predicted molar refractivity (Wildman–Crippen MR) is 47.0 cm³/mol. The monoisotopic (exact) mass is 583 g/mol. The second kappa shape index (κ2) is 36.6. The van der Waals surface area contributed by atoms with E-state index in [2.05, 4.69) is 26.7 Å². The molecule has 0 aromatic carbocycles. The van der Waals surface area contributed by atoms with Gasteiger partial charge in [0.15, 0.2) is 0 Å². The van der Waals surface area contributed by atoms with Crippen molar-refractivity contribution in [1.82, 2.24) is 0 Å². The first kappa shape index (κ1) is 37.1. The third kappa shape index (κ3) is 38.2. The zero-order chi connectivity index (χ0) is 7.66. The standard InChI is InChI=1S/C10H18.5Y/c1-3-5-7-9-10-8-6-4-2;;;;;/h7-8H,1-6,9-10H2;;;;;/q-4;;;;;. The molecule has 0 unspecified atom stereocenters. The summed E-state index contributed by atoms with van der Waals surface area (Å²) in [4.78, 5) is 0. The van der Waals surface area contributed by atoms with Crippen molar-refractivity contribution in [3.63, 3.8) is 0 Å². The Morgan fingerprint density at radius 3 is 1.00 bits per heavy atom. The zero-order valence-electron chi connectivity index (χ0n) is 9.70. The van der Waals surface area contributed by atoms with Crippen LogP contribution in [0.4, 0.5) is 0 Å². The Labute approximate surface area is 223 Å². The quantitative estimate of drug-likeness (QED) is 0.319. The Kier molecular flexibility index (Phi) is 90.6. The summed E-state index contributed by atoms with van der Waals surface area (Å²) in [5.74, 6) is 0.